The van der Waals surface area contributed by atoms with Gasteiger partial charge in [0.25, 0.3) is 0 Å². The Balaban J connectivity index is 2.78. The summed E-state index contributed by atoms with van der Waals surface area (Å²) in [6.07, 6.45) is 7.16. The third-order valence-corrected chi connectivity index (χ3v) is 4.05. The summed E-state index contributed by atoms with van der Waals surface area (Å²) in [5.74, 6) is 1.59. The number of hydrogen-bond acceptors (Lipinski definition) is 1. The van der Waals surface area contributed by atoms with Gasteiger partial charge in [-0.25, -0.2) is 0 Å². The van der Waals surface area contributed by atoms with Gasteiger partial charge in [0.15, 0.2) is 0 Å². The van der Waals surface area contributed by atoms with Crippen molar-refractivity contribution in [1.29, 1.82) is 0 Å². The highest BCUT2D eigenvalue weighted by Gasteiger charge is 2.41. The second-order valence-corrected chi connectivity index (χ2v) is 6.18. The molecule has 0 heterocycles. The van der Waals surface area contributed by atoms with Crippen molar-refractivity contribution < 1.29 is 0 Å². The Labute approximate surface area is 96.0 Å². The van der Waals surface area contributed by atoms with Crippen LogP contribution in [0.5, 0.6) is 0 Å². The first-order valence-corrected chi connectivity index (χ1v) is 6.69. The first-order chi connectivity index (χ1) is 7.02. The van der Waals surface area contributed by atoms with E-state index in [-0.39, 0.29) is 0 Å². The lowest BCUT2D eigenvalue weighted by Crippen LogP contribution is -2.46. The van der Waals surface area contributed by atoms with Crippen LogP contribution in [0.2, 0.25) is 0 Å². The van der Waals surface area contributed by atoms with Crippen molar-refractivity contribution in [1.82, 2.24) is 5.32 Å². The molecule has 0 aliphatic heterocycles. The lowest BCUT2D eigenvalue weighted by atomic mass is 9.69. The van der Waals surface area contributed by atoms with Gasteiger partial charge in [0.1, 0.15) is 0 Å². The smallest absolute Gasteiger partial charge is 0.0144 e. The molecule has 1 aliphatic rings. The second kappa shape index (κ2) is 5.34. The summed E-state index contributed by atoms with van der Waals surface area (Å²) in [5.41, 5.74) is 0.594. The van der Waals surface area contributed by atoms with Crippen molar-refractivity contribution in [2.75, 3.05) is 7.05 Å². The Morgan fingerprint density at radius 1 is 1.07 bits per heavy atom. The Hall–Kier alpha value is -0.0400. The maximum Gasteiger partial charge on any atom is 0.0144 e. The summed E-state index contributed by atoms with van der Waals surface area (Å²) in [6, 6.07) is 0.711. The van der Waals surface area contributed by atoms with Crippen molar-refractivity contribution in [3.63, 3.8) is 0 Å². The molecule has 0 aromatic rings. The maximum atomic E-state index is 3.59. The molecule has 1 unspecified atom stereocenters. The Bertz CT molecular complexity index is 178. The van der Waals surface area contributed by atoms with E-state index in [1.165, 1.54) is 32.1 Å². The standard InChI is InChI=1S/C14H29N/c1-11(2)10-14(8-6-7-9-14)13(15-5)12(3)4/h11-13,15H,6-10H2,1-5H3. The van der Waals surface area contributed by atoms with E-state index in [0.29, 0.717) is 11.5 Å². The van der Waals surface area contributed by atoms with Crippen molar-refractivity contribution in [2.24, 2.45) is 17.3 Å². The molecular weight excluding hydrogens is 182 g/mol. The zero-order chi connectivity index (χ0) is 11.5. The first kappa shape index (κ1) is 13.0. The average molecular weight is 211 g/mol. The van der Waals surface area contributed by atoms with Crippen LogP contribution >= 0.6 is 0 Å². The molecule has 1 N–H and O–H groups in total. The minimum absolute atomic E-state index is 0.594. The van der Waals surface area contributed by atoms with E-state index in [9.17, 15) is 0 Å². The van der Waals surface area contributed by atoms with Crippen LogP contribution in [0.4, 0.5) is 0 Å². The van der Waals surface area contributed by atoms with Gasteiger partial charge in [-0.3, -0.25) is 0 Å². The molecular formula is C14H29N. The highest BCUT2D eigenvalue weighted by atomic mass is 14.9. The molecule has 0 aromatic heterocycles. The zero-order valence-corrected chi connectivity index (χ0v) is 11.3. The van der Waals surface area contributed by atoms with E-state index in [1.54, 1.807) is 0 Å². The molecule has 1 aliphatic carbocycles. The van der Waals surface area contributed by atoms with Crippen LogP contribution in [-0.4, -0.2) is 13.1 Å². The van der Waals surface area contributed by atoms with Gasteiger partial charge in [0.05, 0.1) is 0 Å². The molecule has 0 aromatic carbocycles. The van der Waals surface area contributed by atoms with Crippen molar-refractivity contribution >= 4 is 0 Å². The fraction of sp³-hybridized carbons (Fsp3) is 1.00. The van der Waals surface area contributed by atoms with Crippen LogP contribution in [0.25, 0.3) is 0 Å². The van der Waals surface area contributed by atoms with Gasteiger partial charge in [-0.2, -0.15) is 0 Å². The summed E-state index contributed by atoms with van der Waals surface area (Å²) < 4.78 is 0. The van der Waals surface area contributed by atoms with Gasteiger partial charge in [0, 0.05) is 6.04 Å². The van der Waals surface area contributed by atoms with Crippen LogP contribution in [0.1, 0.15) is 59.8 Å². The highest BCUT2D eigenvalue weighted by Crippen LogP contribution is 2.47. The van der Waals surface area contributed by atoms with Crippen LogP contribution < -0.4 is 5.32 Å². The maximum absolute atomic E-state index is 3.59. The van der Waals surface area contributed by atoms with Crippen molar-refractivity contribution in [3.05, 3.63) is 0 Å². The summed E-state index contributed by atoms with van der Waals surface area (Å²) in [4.78, 5) is 0. The highest BCUT2D eigenvalue weighted by molar-refractivity contribution is 4.96. The third-order valence-electron chi connectivity index (χ3n) is 4.05. The SMILES string of the molecule is CNC(C(C)C)C1(CC(C)C)CCCC1. The summed E-state index contributed by atoms with van der Waals surface area (Å²) in [7, 11) is 2.14. The molecule has 1 saturated carbocycles. The molecule has 1 heteroatoms. The molecule has 15 heavy (non-hydrogen) atoms. The van der Waals surface area contributed by atoms with E-state index in [1.807, 2.05) is 0 Å². The van der Waals surface area contributed by atoms with Gasteiger partial charge >= 0.3 is 0 Å². The van der Waals surface area contributed by atoms with E-state index >= 15 is 0 Å². The van der Waals surface area contributed by atoms with E-state index in [2.05, 4.69) is 40.1 Å². The third kappa shape index (κ3) is 2.96. The number of hydrogen-bond donors (Lipinski definition) is 1. The molecule has 90 valence electrons. The quantitative estimate of drug-likeness (QED) is 0.728. The van der Waals surface area contributed by atoms with Gasteiger partial charge in [-0.05, 0) is 43.6 Å². The summed E-state index contributed by atoms with van der Waals surface area (Å²) >= 11 is 0. The zero-order valence-electron chi connectivity index (χ0n) is 11.3. The summed E-state index contributed by atoms with van der Waals surface area (Å²) in [6.45, 7) is 9.46. The lowest BCUT2D eigenvalue weighted by Gasteiger charge is -2.41. The van der Waals surface area contributed by atoms with E-state index in [4.69, 9.17) is 0 Å². The van der Waals surface area contributed by atoms with Gasteiger partial charge in [0.2, 0.25) is 0 Å². The number of rotatable bonds is 5. The Kier molecular flexibility index (Phi) is 4.64. The van der Waals surface area contributed by atoms with Gasteiger partial charge in [-0.1, -0.05) is 40.5 Å². The fourth-order valence-electron chi connectivity index (χ4n) is 3.88. The molecule has 0 radical (unpaired) electrons. The second-order valence-electron chi connectivity index (χ2n) is 6.18. The van der Waals surface area contributed by atoms with E-state index in [0.717, 1.165) is 11.8 Å². The monoisotopic (exact) mass is 211 g/mol. The predicted molar refractivity (Wildman–Crippen MR) is 68.0 cm³/mol. The predicted octanol–water partition coefficient (Wildman–Crippen LogP) is 3.84. The minimum atomic E-state index is 0.594. The molecule has 0 saturated heterocycles. The summed E-state index contributed by atoms with van der Waals surface area (Å²) in [5, 5.41) is 3.59. The van der Waals surface area contributed by atoms with E-state index < -0.39 is 0 Å². The molecule has 1 rings (SSSR count). The normalized spacial score (nSPS) is 22.6. The average Bonchev–Trinajstić information content (AvgIpc) is 2.52. The van der Waals surface area contributed by atoms with Gasteiger partial charge in [-0.15, -0.1) is 0 Å². The molecule has 0 spiro atoms. The number of nitrogens with one attached hydrogen (secondary N) is 1. The molecule has 1 atom stereocenters. The van der Waals surface area contributed by atoms with Gasteiger partial charge < -0.3 is 5.32 Å². The molecule has 0 amide bonds. The largest absolute Gasteiger partial charge is 0.316 e. The lowest BCUT2D eigenvalue weighted by molar-refractivity contribution is 0.127. The van der Waals surface area contributed by atoms with Crippen molar-refractivity contribution in [3.8, 4) is 0 Å². The van der Waals surface area contributed by atoms with Crippen LogP contribution in [0, 0.1) is 17.3 Å². The molecule has 1 nitrogen and oxygen atoms in total. The molecule has 0 bridgehead atoms. The van der Waals surface area contributed by atoms with Crippen LogP contribution in [0.15, 0.2) is 0 Å². The molecule has 1 fully saturated rings. The van der Waals surface area contributed by atoms with Crippen LogP contribution in [0.3, 0.4) is 0 Å². The Morgan fingerprint density at radius 2 is 1.60 bits per heavy atom. The Morgan fingerprint density at radius 3 is 1.93 bits per heavy atom. The minimum Gasteiger partial charge on any atom is -0.316 e. The topological polar surface area (TPSA) is 12.0 Å². The first-order valence-electron chi connectivity index (χ1n) is 6.69. The van der Waals surface area contributed by atoms with Crippen LogP contribution in [-0.2, 0) is 0 Å². The van der Waals surface area contributed by atoms with Crippen molar-refractivity contribution in [2.45, 2.75) is 65.8 Å². The fourth-order valence-corrected chi connectivity index (χ4v) is 3.88.